The molecule has 0 spiro atoms. The second-order valence-electron chi connectivity index (χ2n) is 2.33. The Labute approximate surface area is 69.6 Å². The number of aliphatic hydroxyl groups excluding tert-OH is 1. The predicted molar refractivity (Wildman–Crippen MR) is 43.4 cm³/mol. The summed E-state index contributed by atoms with van der Waals surface area (Å²) in [6.07, 6.45) is 1.21. The highest BCUT2D eigenvalue weighted by Crippen LogP contribution is 2.13. The van der Waals surface area contributed by atoms with Crippen LogP contribution in [0.2, 0.25) is 0 Å². The monoisotopic (exact) mass is 173 g/mol. The molecule has 1 aromatic heterocycles. The molecule has 0 aliphatic rings. The van der Waals surface area contributed by atoms with Crippen LogP contribution in [0.25, 0.3) is 0 Å². The van der Waals surface area contributed by atoms with E-state index in [-0.39, 0.29) is 6.10 Å². The predicted octanol–water partition coefficient (Wildman–Crippen LogP) is 0.288. The average molecular weight is 173 g/mol. The Kier molecular flexibility index (Phi) is 2.90. The van der Waals surface area contributed by atoms with E-state index in [0.29, 0.717) is 5.75 Å². The molecule has 0 radical (unpaired) electrons. The van der Waals surface area contributed by atoms with Crippen molar-refractivity contribution in [3.8, 4) is 0 Å². The SMILES string of the molecule is C[C@@H](O)CSc1ncnn1C. The fourth-order valence-electron chi connectivity index (χ4n) is 0.611. The molecule has 0 aliphatic heterocycles. The van der Waals surface area contributed by atoms with Gasteiger partial charge in [-0.05, 0) is 6.92 Å². The number of rotatable bonds is 3. The Morgan fingerprint density at radius 3 is 3.00 bits per heavy atom. The van der Waals surface area contributed by atoms with Gasteiger partial charge in [-0.1, -0.05) is 11.8 Å². The summed E-state index contributed by atoms with van der Waals surface area (Å²) >= 11 is 1.50. The first kappa shape index (κ1) is 8.55. The maximum Gasteiger partial charge on any atom is 0.185 e. The molecular weight excluding hydrogens is 162 g/mol. The van der Waals surface area contributed by atoms with E-state index in [1.54, 1.807) is 11.6 Å². The van der Waals surface area contributed by atoms with Gasteiger partial charge < -0.3 is 5.11 Å². The molecule has 1 atom stereocenters. The molecule has 4 nitrogen and oxygen atoms in total. The lowest BCUT2D eigenvalue weighted by atomic mass is 10.5. The van der Waals surface area contributed by atoms with Crippen molar-refractivity contribution in [2.75, 3.05) is 5.75 Å². The van der Waals surface area contributed by atoms with Crippen LogP contribution in [-0.2, 0) is 7.05 Å². The first-order valence-corrected chi connectivity index (χ1v) is 4.33. The first-order valence-electron chi connectivity index (χ1n) is 3.35. The molecule has 1 N–H and O–H groups in total. The van der Waals surface area contributed by atoms with Crippen LogP contribution in [0.1, 0.15) is 6.92 Å². The average Bonchev–Trinajstić information content (AvgIpc) is 2.31. The minimum Gasteiger partial charge on any atom is -0.393 e. The number of aliphatic hydroxyl groups is 1. The standard InChI is InChI=1S/C6H11N3OS/c1-5(10)3-11-6-7-4-8-9(6)2/h4-5,10H,3H2,1-2H3/t5-/m1/s1. The molecule has 0 aliphatic carbocycles. The van der Waals surface area contributed by atoms with Crippen molar-refractivity contribution in [3.05, 3.63) is 6.33 Å². The van der Waals surface area contributed by atoms with Gasteiger partial charge in [0, 0.05) is 12.8 Å². The third-order valence-corrected chi connectivity index (χ3v) is 2.40. The highest BCUT2D eigenvalue weighted by molar-refractivity contribution is 7.99. The zero-order chi connectivity index (χ0) is 8.27. The minimum atomic E-state index is -0.295. The highest BCUT2D eigenvalue weighted by Gasteiger charge is 2.02. The largest absolute Gasteiger partial charge is 0.393 e. The molecule has 1 heterocycles. The zero-order valence-electron chi connectivity index (χ0n) is 6.56. The van der Waals surface area contributed by atoms with E-state index >= 15 is 0 Å². The summed E-state index contributed by atoms with van der Waals surface area (Å²) in [5.41, 5.74) is 0. The van der Waals surface area contributed by atoms with Gasteiger partial charge in [-0.2, -0.15) is 5.10 Å². The fraction of sp³-hybridized carbons (Fsp3) is 0.667. The van der Waals surface area contributed by atoms with Crippen molar-refractivity contribution in [1.29, 1.82) is 0 Å². The maximum absolute atomic E-state index is 8.96. The smallest absolute Gasteiger partial charge is 0.185 e. The summed E-state index contributed by atoms with van der Waals surface area (Å²) in [5.74, 6) is 0.659. The fourth-order valence-corrected chi connectivity index (χ4v) is 1.36. The number of hydrogen-bond acceptors (Lipinski definition) is 4. The van der Waals surface area contributed by atoms with Crippen LogP contribution < -0.4 is 0 Å². The Morgan fingerprint density at radius 2 is 2.55 bits per heavy atom. The quantitative estimate of drug-likeness (QED) is 0.667. The van der Waals surface area contributed by atoms with E-state index in [1.165, 1.54) is 18.1 Å². The Balaban J connectivity index is 2.44. The summed E-state index contributed by atoms with van der Waals surface area (Å²) in [5, 5.41) is 13.7. The van der Waals surface area contributed by atoms with E-state index in [0.717, 1.165) is 5.16 Å². The summed E-state index contributed by atoms with van der Waals surface area (Å²) in [6, 6.07) is 0. The van der Waals surface area contributed by atoms with Gasteiger partial charge in [-0.25, -0.2) is 9.67 Å². The number of thioether (sulfide) groups is 1. The van der Waals surface area contributed by atoms with Gasteiger partial charge in [-0.3, -0.25) is 0 Å². The molecular formula is C6H11N3OS. The molecule has 0 amide bonds. The van der Waals surface area contributed by atoms with E-state index in [1.807, 2.05) is 7.05 Å². The molecule has 1 aromatic rings. The molecule has 0 bridgehead atoms. The molecule has 0 saturated carbocycles. The molecule has 1 rings (SSSR count). The highest BCUT2D eigenvalue weighted by atomic mass is 32.2. The molecule has 0 fully saturated rings. The van der Waals surface area contributed by atoms with Crippen molar-refractivity contribution in [3.63, 3.8) is 0 Å². The Hall–Kier alpha value is -0.550. The van der Waals surface area contributed by atoms with Gasteiger partial charge in [0.15, 0.2) is 5.16 Å². The van der Waals surface area contributed by atoms with E-state index in [2.05, 4.69) is 10.1 Å². The molecule has 11 heavy (non-hydrogen) atoms. The second kappa shape index (κ2) is 3.73. The molecule has 0 unspecified atom stereocenters. The first-order chi connectivity index (χ1) is 5.20. The van der Waals surface area contributed by atoms with Gasteiger partial charge in [0.1, 0.15) is 6.33 Å². The van der Waals surface area contributed by atoms with Crippen LogP contribution in [-0.4, -0.2) is 31.7 Å². The number of hydrogen-bond donors (Lipinski definition) is 1. The lowest BCUT2D eigenvalue weighted by Crippen LogP contribution is -2.04. The van der Waals surface area contributed by atoms with E-state index in [9.17, 15) is 0 Å². The molecule has 5 heteroatoms. The van der Waals surface area contributed by atoms with Crippen LogP contribution in [0, 0.1) is 0 Å². The van der Waals surface area contributed by atoms with Gasteiger partial charge in [0.05, 0.1) is 6.10 Å². The van der Waals surface area contributed by atoms with Crippen LogP contribution in [0.5, 0.6) is 0 Å². The van der Waals surface area contributed by atoms with Gasteiger partial charge in [-0.15, -0.1) is 0 Å². The number of aromatic nitrogens is 3. The number of aryl methyl sites for hydroxylation is 1. The molecule has 62 valence electrons. The zero-order valence-corrected chi connectivity index (χ0v) is 7.38. The van der Waals surface area contributed by atoms with Crippen molar-refractivity contribution in [2.45, 2.75) is 18.2 Å². The second-order valence-corrected chi connectivity index (χ2v) is 3.31. The van der Waals surface area contributed by atoms with Crippen molar-refractivity contribution in [1.82, 2.24) is 14.8 Å². The van der Waals surface area contributed by atoms with E-state index < -0.39 is 0 Å². The van der Waals surface area contributed by atoms with Crippen LogP contribution in [0.15, 0.2) is 11.5 Å². The van der Waals surface area contributed by atoms with E-state index in [4.69, 9.17) is 5.11 Å². The number of nitrogens with zero attached hydrogens (tertiary/aromatic N) is 3. The van der Waals surface area contributed by atoms with Crippen LogP contribution >= 0.6 is 11.8 Å². The lowest BCUT2D eigenvalue weighted by Gasteiger charge is -2.01. The summed E-state index contributed by atoms with van der Waals surface area (Å²) in [7, 11) is 1.83. The van der Waals surface area contributed by atoms with Crippen LogP contribution in [0.4, 0.5) is 0 Å². The molecule has 0 aromatic carbocycles. The van der Waals surface area contributed by atoms with Crippen molar-refractivity contribution < 1.29 is 5.11 Å². The Morgan fingerprint density at radius 1 is 1.82 bits per heavy atom. The van der Waals surface area contributed by atoms with Gasteiger partial charge in [0.25, 0.3) is 0 Å². The maximum atomic E-state index is 8.96. The molecule has 0 saturated heterocycles. The minimum absolute atomic E-state index is 0.295. The topological polar surface area (TPSA) is 50.9 Å². The normalized spacial score (nSPS) is 13.4. The van der Waals surface area contributed by atoms with Crippen LogP contribution in [0.3, 0.4) is 0 Å². The van der Waals surface area contributed by atoms with Gasteiger partial charge >= 0.3 is 0 Å². The third kappa shape index (κ3) is 2.51. The van der Waals surface area contributed by atoms with Gasteiger partial charge in [0.2, 0.25) is 0 Å². The summed E-state index contributed by atoms with van der Waals surface area (Å²) in [4.78, 5) is 3.99. The third-order valence-electron chi connectivity index (χ3n) is 1.12. The Bertz CT molecular complexity index is 223. The van der Waals surface area contributed by atoms with Crippen molar-refractivity contribution >= 4 is 11.8 Å². The summed E-state index contributed by atoms with van der Waals surface area (Å²) < 4.78 is 1.69. The van der Waals surface area contributed by atoms with Crippen molar-refractivity contribution in [2.24, 2.45) is 7.05 Å². The summed E-state index contributed by atoms with van der Waals surface area (Å²) in [6.45, 7) is 1.75. The lowest BCUT2D eigenvalue weighted by molar-refractivity contribution is 0.220.